The summed E-state index contributed by atoms with van der Waals surface area (Å²) >= 11 is 3.17. The van der Waals surface area contributed by atoms with Gasteiger partial charge < -0.3 is 0 Å². The normalized spacial score (nSPS) is 10.2. The van der Waals surface area contributed by atoms with Gasteiger partial charge in [-0.05, 0) is 80.1 Å². The van der Waals surface area contributed by atoms with Crippen LogP contribution in [0.3, 0.4) is 0 Å². The van der Waals surface area contributed by atoms with E-state index in [2.05, 4.69) is 10.2 Å². The Bertz CT molecular complexity index is 1190. The molecule has 4 aromatic rings. The van der Waals surface area contributed by atoms with Crippen molar-refractivity contribution in [1.29, 1.82) is 0 Å². The van der Waals surface area contributed by atoms with Crippen LogP contribution in [0.25, 0.3) is 11.4 Å². The van der Waals surface area contributed by atoms with Gasteiger partial charge in [-0.2, -0.15) is 10.2 Å². The molecule has 0 aliphatic rings. The van der Waals surface area contributed by atoms with E-state index in [9.17, 15) is 9.59 Å². The molecule has 0 aliphatic carbocycles. The molecule has 168 valence electrons. The fourth-order valence-corrected chi connectivity index (χ4v) is 3.98. The van der Waals surface area contributed by atoms with E-state index in [1.165, 1.54) is 0 Å². The Morgan fingerprint density at radius 2 is 1.21 bits per heavy atom. The highest BCUT2D eigenvalue weighted by Crippen LogP contribution is 2.24. The Labute approximate surface area is 201 Å². The largest absolute Gasteiger partial charge is 0.295 e. The zero-order chi connectivity index (χ0) is 23.6. The number of thioether (sulfide) groups is 2. The summed E-state index contributed by atoms with van der Waals surface area (Å²) < 4.78 is 4.53. The Hall–Kier alpha value is -3.36. The summed E-state index contributed by atoms with van der Waals surface area (Å²) in [6.45, 7) is 1.56. The quantitative estimate of drug-likeness (QED) is 0.252. The zero-order valence-electron chi connectivity index (χ0n) is 18.6. The molecule has 0 radical (unpaired) electrons. The molecular weight excluding hydrogens is 452 g/mol. The first kappa shape index (κ1) is 24.3. The van der Waals surface area contributed by atoms with Crippen LogP contribution in [-0.4, -0.2) is 43.6 Å². The van der Waals surface area contributed by atoms with Crippen LogP contribution in [0.5, 0.6) is 0 Å². The van der Waals surface area contributed by atoms with Crippen LogP contribution in [0.15, 0.2) is 95.8 Å². The number of Topliss-reactive ketones (excluding diaryl/α,β-unsaturated/α-hetero) is 1. The summed E-state index contributed by atoms with van der Waals surface area (Å²) in [6, 6.07) is 18.5. The number of nitrogens with zero attached hydrogens (tertiary/aromatic N) is 4. The fourth-order valence-electron chi connectivity index (χ4n) is 2.86. The molecule has 8 heteroatoms. The molecule has 0 unspecified atom stereocenters. The summed E-state index contributed by atoms with van der Waals surface area (Å²) in [5.41, 5.74) is 3.32. The van der Waals surface area contributed by atoms with Crippen LogP contribution in [-0.2, 0) is 0 Å². The summed E-state index contributed by atoms with van der Waals surface area (Å²) in [6.07, 6.45) is 12.8. The average molecular weight is 477 g/mol. The molecule has 0 atom stereocenters. The van der Waals surface area contributed by atoms with Crippen molar-refractivity contribution in [2.75, 3.05) is 12.5 Å². The van der Waals surface area contributed by atoms with E-state index >= 15 is 0 Å². The van der Waals surface area contributed by atoms with Gasteiger partial charge in [-0.1, -0.05) is 0 Å². The third-order valence-corrected chi connectivity index (χ3v) is 6.66. The van der Waals surface area contributed by atoms with E-state index < -0.39 is 0 Å². The first-order valence-electron chi connectivity index (χ1n) is 10.1. The van der Waals surface area contributed by atoms with Gasteiger partial charge in [-0.15, -0.1) is 23.5 Å². The molecule has 6 nitrogen and oxygen atoms in total. The third-order valence-electron chi connectivity index (χ3n) is 4.61. The minimum Gasteiger partial charge on any atom is -0.295 e. The molecule has 2 aromatic carbocycles. The molecule has 33 heavy (non-hydrogen) atoms. The van der Waals surface area contributed by atoms with Crippen LogP contribution in [0.1, 0.15) is 27.6 Å². The Morgan fingerprint density at radius 3 is 1.58 bits per heavy atom. The molecule has 0 N–H and O–H groups in total. The van der Waals surface area contributed by atoms with E-state index in [4.69, 9.17) is 0 Å². The summed E-state index contributed by atoms with van der Waals surface area (Å²) in [5, 5.41) is 8.24. The third kappa shape index (κ3) is 6.81. The molecule has 2 heterocycles. The van der Waals surface area contributed by atoms with Gasteiger partial charge in [0.15, 0.2) is 11.6 Å². The highest BCUT2D eigenvalue weighted by molar-refractivity contribution is 8.21. The number of rotatable bonds is 7. The van der Waals surface area contributed by atoms with Crippen molar-refractivity contribution in [2.24, 2.45) is 0 Å². The number of hydrogen-bond donors (Lipinski definition) is 0. The van der Waals surface area contributed by atoms with E-state index in [1.807, 2.05) is 73.4 Å². The first-order chi connectivity index (χ1) is 16.0. The van der Waals surface area contributed by atoms with Crippen molar-refractivity contribution in [3.63, 3.8) is 0 Å². The molecule has 0 bridgehead atoms. The molecule has 2 aromatic heterocycles. The SMILES string of the molecule is CC(=O)c1ccc(-n2cccn2)cc1.CSC(=CC(=O)c1ccc(-n2cccn2)cc1)SC. The number of benzene rings is 2. The zero-order valence-corrected chi connectivity index (χ0v) is 20.2. The van der Waals surface area contributed by atoms with Gasteiger partial charge >= 0.3 is 0 Å². The molecule has 0 fully saturated rings. The van der Waals surface area contributed by atoms with Crippen LogP contribution in [0.4, 0.5) is 0 Å². The summed E-state index contributed by atoms with van der Waals surface area (Å²) in [7, 11) is 0. The lowest BCUT2D eigenvalue weighted by molar-refractivity contribution is 0.101. The van der Waals surface area contributed by atoms with Gasteiger partial charge in [0.1, 0.15) is 0 Å². The van der Waals surface area contributed by atoms with Crippen molar-refractivity contribution in [1.82, 2.24) is 19.6 Å². The Kier molecular flexibility index (Phi) is 8.86. The van der Waals surface area contributed by atoms with Gasteiger partial charge in [-0.3, -0.25) is 9.59 Å². The molecular formula is C25H24N4O2S2. The van der Waals surface area contributed by atoms with Crippen LogP contribution < -0.4 is 0 Å². The van der Waals surface area contributed by atoms with Crippen molar-refractivity contribution in [3.05, 3.63) is 107 Å². The van der Waals surface area contributed by atoms with Crippen molar-refractivity contribution in [2.45, 2.75) is 6.92 Å². The van der Waals surface area contributed by atoms with Crippen LogP contribution in [0, 0.1) is 0 Å². The lowest BCUT2D eigenvalue weighted by Crippen LogP contribution is -1.98. The maximum Gasteiger partial charge on any atom is 0.187 e. The molecule has 0 saturated heterocycles. The predicted molar refractivity (Wildman–Crippen MR) is 137 cm³/mol. The van der Waals surface area contributed by atoms with Gasteiger partial charge in [0.05, 0.1) is 11.4 Å². The molecule has 4 rings (SSSR count). The van der Waals surface area contributed by atoms with Gasteiger partial charge in [0, 0.05) is 46.2 Å². The van der Waals surface area contributed by atoms with Crippen molar-refractivity contribution >= 4 is 35.1 Å². The summed E-state index contributed by atoms with van der Waals surface area (Å²) in [5.74, 6) is 0.114. The number of carbonyl (C=O) groups is 2. The van der Waals surface area contributed by atoms with E-state index in [0.717, 1.165) is 21.2 Å². The number of aromatic nitrogens is 4. The number of allylic oxidation sites excluding steroid dienone is 1. The highest BCUT2D eigenvalue weighted by Gasteiger charge is 2.05. The smallest absolute Gasteiger partial charge is 0.187 e. The fraction of sp³-hybridized carbons (Fsp3) is 0.120. The number of carbonyl (C=O) groups excluding carboxylic acids is 2. The maximum absolute atomic E-state index is 12.0. The van der Waals surface area contributed by atoms with Gasteiger partial charge in [0.2, 0.25) is 0 Å². The standard InChI is InChI=1S/C14H14N2OS2.C11H10N2O/c1-18-14(19-2)10-13(17)11-4-6-12(7-5-11)16-9-3-8-15-16;1-9(14)10-3-5-11(6-4-10)13-8-2-7-12-13/h3-10H,1-2H3;2-8H,1H3. The average Bonchev–Trinajstić information content (AvgIpc) is 3.58. The van der Waals surface area contributed by atoms with Gasteiger partial charge in [-0.25, -0.2) is 9.36 Å². The second kappa shape index (κ2) is 12.0. The summed E-state index contributed by atoms with van der Waals surface area (Å²) in [4.78, 5) is 23.1. The van der Waals surface area contributed by atoms with E-state index in [0.29, 0.717) is 5.56 Å². The second-order valence-corrected chi connectivity index (χ2v) is 8.74. The van der Waals surface area contributed by atoms with E-state index in [-0.39, 0.29) is 11.6 Å². The first-order valence-corrected chi connectivity index (χ1v) is 12.5. The topological polar surface area (TPSA) is 69.8 Å². The molecule has 0 amide bonds. The number of ketones is 2. The monoisotopic (exact) mass is 476 g/mol. The van der Waals surface area contributed by atoms with Crippen LogP contribution >= 0.6 is 23.5 Å². The van der Waals surface area contributed by atoms with E-state index in [1.54, 1.807) is 70.4 Å². The van der Waals surface area contributed by atoms with Crippen molar-refractivity contribution < 1.29 is 9.59 Å². The Morgan fingerprint density at radius 1 is 0.758 bits per heavy atom. The minimum atomic E-state index is 0.0331. The molecule has 0 saturated carbocycles. The van der Waals surface area contributed by atoms with Crippen molar-refractivity contribution in [3.8, 4) is 11.4 Å². The number of hydrogen-bond acceptors (Lipinski definition) is 6. The second-order valence-electron chi connectivity index (χ2n) is 6.79. The highest BCUT2D eigenvalue weighted by atomic mass is 32.2. The maximum atomic E-state index is 12.0. The van der Waals surface area contributed by atoms with Crippen LogP contribution in [0.2, 0.25) is 0 Å². The minimum absolute atomic E-state index is 0.0331. The lowest BCUT2D eigenvalue weighted by atomic mass is 10.1. The molecule has 0 spiro atoms. The predicted octanol–water partition coefficient (Wildman–Crippen LogP) is 5.70. The van der Waals surface area contributed by atoms with Gasteiger partial charge in [0.25, 0.3) is 0 Å². The Balaban J connectivity index is 0.000000194. The lowest BCUT2D eigenvalue weighted by Gasteiger charge is -2.03. The molecule has 0 aliphatic heterocycles.